The summed E-state index contributed by atoms with van der Waals surface area (Å²) in [6.07, 6.45) is 0.805. The van der Waals surface area contributed by atoms with E-state index in [1.54, 1.807) is 0 Å². The molecule has 0 saturated carbocycles. The van der Waals surface area contributed by atoms with Gasteiger partial charge in [0.1, 0.15) is 6.61 Å². The quantitative estimate of drug-likeness (QED) is 0.877. The van der Waals surface area contributed by atoms with E-state index in [0.29, 0.717) is 6.61 Å². The van der Waals surface area contributed by atoms with E-state index < -0.39 is 0 Å². The van der Waals surface area contributed by atoms with E-state index in [9.17, 15) is 4.79 Å². The van der Waals surface area contributed by atoms with Gasteiger partial charge < -0.3 is 10.1 Å². The van der Waals surface area contributed by atoms with Crippen molar-refractivity contribution < 1.29 is 9.53 Å². The molecule has 0 aliphatic carbocycles. The summed E-state index contributed by atoms with van der Waals surface area (Å²) >= 11 is 3.50. The maximum atomic E-state index is 11.4. The normalized spacial score (nSPS) is 12.2. The van der Waals surface area contributed by atoms with Gasteiger partial charge in [-0.15, -0.1) is 0 Å². The Morgan fingerprint density at radius 2 is 2.18 bits per heavy atom. The molecular formula is C13H18BrNO2. The number of hydrogen-bond acceptors (Lipinski definition) is 2. The Morgan fingerprint density at radius 1 is 1.47 bits per heavy atom. The maximum Gasteiger partial charge on any atom is 0.246 e. The van der Waals surface area contributed by atoms with E-state index in [-0.39, 0.29) is 18.6 Å². The molecule has 0 fully saturated rings. The predicted octanol–water partition coefficient (Wildman–Crippen LogP) is 2.53. The van der Waals surface area contributed by atoms with Crippen LogP contribution >= 0.6 is 15.9 Å². The molecule has 0 aliphatic heterocycles. The summed E-state index contributed by atoms with van der Waals surface area (Å²) in [5, 5.41) is 2.91. The van der Waals surface area contributed by atoms with Crippen LogP contribution in [0.4, 0.5) is 0 Å². The van der Waals surface area contributed by atoms with E-state index in [0.717, 1.165) is 10.9 Å². The van der Waals surface area contributed by atoms with Crippen molar-refractivity contribution in [3.63, 3.8) is 0 Å². The zero-order valence-corrected chi connectivity index (χ0v) is 11.8. The van der Waals surface area contributed by atoms with Gasteiger partial charge in [-0.05, 0) is 31.9 Å². The number of nitrogens with one attached hydrogen (secondary N) is 1. The minimum atomic E-state index is -0.0635. The molecule has 1 N–H and O–H groups in total. The molecule has 0 aromatic heterocycles. The molecule has 0 saturated heterocycles. The third kappa shape index (κ3) is 5.33. The number of amides is 1. The van der Waals surface area contributed by atoms with Crippen LogP contribution in [0, 0.1) is 0 Å². The topological polar surface area (TPSA) is 38.3 Å². The zero-order valence-electron chi connectivity index (χ0n) is 10.2. The van der Waals surface area contributed by atoms with E-state index in [2.05, 4.69) is 27.3 Å². The van der Waals surface area contributed by atoms with Gasteiger partial charge >= 0.3 is 0 Å². The van der Waals surface area contributed by atoms with Gasteiger partial charge in [0.2, 0.25) is 5.91 Å². The summed E-state index contributed by atoms with van der Waals surface area (Å²) < 4.78 is 6.12. The van der Waals surface area contributed by atoms with Crippen molar-refractivity contribution in [3.8, 4) is 0 Å². The number of benzene rings is 1. The molecule has 1 aromatic carbocycles. The van der Waals surface area contributed by atoms with Crippen LogP contribution in [0.5, 0.6) is 0 Å². The highest BCUT2D eigenvalue weighted by Gasteiger charge is 2.09. The lowest BCUT2D eigenvalue weighted by atomic mass is 10.1. The first-order valence-corrected chi connectivity index (χ1v) is 6.53. The molecule has 1 unspecified atom stereocenters. The van der Waals surface area contributed by atoms with Crippen molar-refractivity contribution in [2.45, 2.75) is 26.3 Å². The van der Waals surface area contributed by atoms with Gasteiger partial charge in [-0.1, -0.05) is 34.1 Å². The molecule has 0 radical (unpaired) electrons. The molecule has 4 heteroatoms. The Hall–Kier alpha value is -0.870. The van der Waals surface area contributed by atoms with Crippen LogP contribution in [0.15, 0.2) is 28.7 Å². The van der Waals surface area contributed by atoms with Gasteiger partial charge in [0, 0.05) is 17.1 Å². The minimum absolute atomic E-state index is 0.0635. The molecule has 0 bridgehead atoms. The summed E-state index contributed by atoms with van der Waals surface area (Å²) in [6.45, 7) is 4.56. The summed E-state index contributed by atoms with van der Waals surface area (Å²) in [4.78, 5) is 11.4. The number of halogens is 1. The van der Waals surface area contributed by atoms with Crippen LogP contribution in [0.3, 0.4) is 0 Å². The van der Waals surface area contributed by atoms with Crippen molar-refractivity contribution in [1.82, 2.24) is 5.32 Å². The number of ether oxygens (including phenoxy) is 1. The monoisotopic (exact) mass is 299 g/mol. The summed E-state index contributed by atoms with van der Waals surface area (Å²) in [6, 6.07) is 8.13. The first-order valence-electron chi connectivity index (χ1n) is 5.74. The lowest BCUT2D eigenvalue weighted by molar-refractivity contribution is -0.126. The summed E-state index contributed by atoms with van der Waals surface area (Å²) in [7, 11) is 0. The second kappa shape index (κ2) is 7.45. The van der Waals surface area contributed by atoms with E-state index in [1.165, 1.54) is 5.56 Å². The Morgan fingerprint density at radius 3 is 2.82 bits per heavy atom. The van der Waals surface area contributed by atoms with Gasteiger partial charge in [0.15, 0.2) is 0 Å². The third-order valence-electron chi connectivity index (χ3n) is 2.33. The minimum Gasteiger partial charge on any atom is -0.372 e. The van der Waals surface area contributed by atoms with Gasteiger partial charge in [0.05, 0.1) is 0 Å². The number of carbonyl (C=O) groups is 1. The first-order chi connectivity index (χ1) is 8.13. The molecule has 1 amide bonds. The van der Waals surface area contributed by atoms with Crippen LogP contribution in [0.2, 0.25) is 0 Å². The summed E-state index contributed by atoms with van der Waals surface area (Å²) in [5.41, 5.74) is 1.19. The highest BCUT2D eigenvalue weighted by Crippen LogP contribution is 2.17. The summed E-state index contributed by atoms with van der Waals surface area (Å²) in [5.74, 6) is -0.0635. The maximum absolute atomic E-state index is 11.4. The number of rotatable bonds is 6. The molecule has 1 atom stereocenters. The molecule has 94 valence electrons. The Balaban J connectivity index is 2.42. The highest BCUT2D eigenvalue weighted by atomic mass is 79.9. The molecular weight excluding hydrogens is 282 g/mol. The number of hydrogen-bond donors (Lipinski definition) is 1. The van der Waals surface area contributed by atoms with E-state index in [4.69, 9.17) is 4.74 Å². The highest BCUT2D eigenvalue weighted by molar-refractivity contribution is 9.10. The second-order valence-corrected chi connectivity index (χ2v) is 4.76. The lowest BCUT2D eigenvalue weighted by Gasteiger charge is -2.14. The fourth-order valence-corrected chi connectivity index (χ4v) is 2.00. The van der Waals surface area contributed by atoms with Crippen LogP contribution in [-0.4, -0.2) is 25.2 Å². The molecule has 1 aromatic rings. The molecule has 17 heavy (non-hydrogen) atoms. The van der Waals surface area contributed by atoms with Crippen LogP contribution in [0.25, 0.3) is 0 Å². The largest absolute Gasteiger partial charge is 0.372 e. The lowest BCUT2D eigenvalue weighted by Crippen LogP contribution is -2.36. The predicted molar refractivity (Wildman–Crippen MR) is 71.9 cm³/mol. The van der Waals surface area contributed by atoms with Gasteiger partial charge in [0.25, 0.3) is 0 Å². The molecule has 0 aliphatic rings. The van der Waals surface area contributed by atoms with E-state index in [1.807, 2.05) is 32.0 Å². The average molecular weight is 300 g/mol. The Kier molecular flexibility index (Phi) is 6.22. The Labute approximate surface area is 111 Å². The molecule has 0 heterocycles. The first kappa shape index (κ1) is 14.2. The number of carbonyl (C=O) groups excluding carboxylic acids is 1. The molecule has 1 rings (SSSR count). The van der Waals surface area contributed by atoms with Gasteiger partial charge in [-0.2, -0.15) is 0 Å². The van der Waals surface area contributed by atoms with Crippen LogP contribution < -0.4 is 5.32 Å². The van der Waals surface area contributed by atoms with Crippen molar-refractivity contribution in [2.24, 2.45) is 0 Å². The van der Waals surface area contributed by atoms with Crippen molar-refractivity contribution in [3.05, 3.63) is 34.3 Å². The smallest absolute Gasteiger partial charge is 0.246 e. The van der Waals surface area contributed by atoms with Gasteiger partial charge in [-0.25, -0.2) is 0 Å². The fraction of sp³-hybridized carbons (Fsp3) is 0.462. The van der Waals surface area contributed by atoms with E-state index >= 15 is 0 Å². The molecule has 3 nitrogen and oxygen atoms in total. The SMILES string of the molecule is CCOCC(=O)NC(C)Cc1ccccc1Br. The van der Waals surface area contributed by atoms with Crippen molar-refractivity contribution in [1.29, 1.82) is 0 Å². The van der Waals surface area contributed by atoms with Crippen LogP contribution in [0.1, 0.15) is 19.4 Å². The van der Waals surface area contributed by atoms with Crippen molar-refractivity contribution in [2.75, 3.05) is 13.2 Å². The standard InChI is InChI=1S/C13H18BrNO2/c1-3-17-9-13(16)15-10(2)8-11-6-4-5-7-12(11)14/h4-7,10H,3,8-9H2,1-2H3,(H,15,16). The third-order valence-corrected chi connectivity index (χ3v) is 3.10. The van der Waals surface area contributed by atoms with Crippen molar-refractivity contribution >= 4 is 21.8 Å². The fourth-order valence-electron chi connectivity index (χ4n) is 1.56. The Bertz CT molecular complexity index is 368. The van der Waals surface area contributed by atoms with Crippen LogP contribution in [-0.2, 0) is 16.0 Å². The molecule has 0 spiro atoms. The zero-order chi connectivity index (χ0) is 12.7. The average Bonchev–Trinajstić information content (AvgIpc) is 2.29. The van der Waals surface area contributed by atoms with Gasteiger partial charge in [-0.3, -0.25) is 4.79 Å². The second-order valence-electron chi connectivity index (χ2n) is 3.90.